The van der Waals surface area contributed by atoms with Crippen molar-refractivity contribution < 1.29 is 14.7 Å². The maximum absolute atomic E-state index is 11.9. The molecule has 0 bridgehead atoms. The molecule has 0 spiro atoms. The number of rotatable bonds is 2. The molecule has 1 aromatic carbocycles. The molecule has 18 heavy (non-hydrogen) atoms. The largest absolute Gasteiger partial charge is 0.506 e. The Balaban J connectivity index is 2.16. The van der Waals surface area contributed by atoms with Gasteiger partial charge in [0.1, 0.15) is 5.75 Å². The number of carbonyl (C=O) groups is 2. The molecule has 1 N–H and O–H groups in total. The van der Waals surface area contributed by atoms with Crippen molar-refractivity contribution in [2.24, 2.45) is 0 Å². The summed E-state index contributed by atoms with van der Waals surface area (Å²) < 4.78 is 0. The highest BCUT2D eigenvalue weighted by Crippen LogP contribution is 2.32. The van der Waals surface area contributed by atoms with Crippen LogP contribution in [-0.2, 0) is 9.59 Å². The molecule has 0 aliphatic carbocycles. The van der Waals surface area contributed by atoms with Crippen LogP contribution in [0, 0.1) is 0 Å². The highest BCUT2D eigenvalue weighted by Gasteiger charge is 2.32. The maximum Gasteiger partial charge on any atom is 0.228 e. The van der Waals surface area contributed by atoms with Crippen molar-refractivity contribution in [3.63, 3.8) is 0 Å². The number of aromatic hydroxyl groups is 1. The van der Waals surface area contributed by atoms with Gasteiger partial charge in [-0.1, -0.05) is 23.4 Å². The van der Waals surface area contributed by atoms with Crippen LogP contribution < -0.4 is 4.90 Å². The first-order valence-electron chi connectivity index (χ1n) is 5.43. The molecule has 1 heterocycles. The summed E-state index contributed by atoms with van der Waals surface area (Å²) in [6, 6.07) is 4.64. The number of thioether (sulfide) groups is 1. The Hall–Kier alpha value is -1.20. The summed E-state index contributed by atoms with van der Waals surface area (Å²) in [6.45, 7) is 1.99. The zero-order valence-electron chi connectivity index (χ0n) is 9.72. The van der Waals surface area contributed by atoms with Crippen molar-refractivity contribution in [3.05, 3.63) is 23.2 Å². The molecule has 4 nitrogen and oxygen atoms in total. The lowest BCUT2D eigenvalue weighted by molar-refractivity contribution is -0.117. The minimum absolute atomic E-state index is 0.0115. The molecule has 1 saturated heterocycles. The predicted molar refractivity (Wildman–Crippen MR) is 72.1 cm³/mol. The Kier molecular flexibility index (Phi) is 3.82. The smallest absolute Gasteiger partial charge is 0.228 e. The molecule has 1 aliphatic heterocycles. The van der Waals surface area contributed by atoms with Gasteiger partial charge < -0.3 is 10.0 Å². The molecule has 1 fully saturated rings. The van der Waals surface area contributed by atoms with Gasteiger partial charge in [-0.15, -0.1) is 0 Å². The highest BCUT2D eigenvalue weighted by atomic mass is 35.5. The molecule has 1 aliphatic rings. The molecular formula is C12H12ClNO3S. The number of nitrogens with zero attached hydrogens (tertiary/aromatic N) is 1. The van der Waals surface area contributed by atoms with Crippen LogP contribution in [-0.4, -0.2) is 27.9 Å². The van der Waals surface area contributed by atoms with Crippen LogP contribution in [0.2, 0.25) is 5.02 Å². The first-order valence-corrected chi connectivity index (χ1v) is 6.69. The fourth-order valence-corrected chi connectivity index (χ4v) is 3.00. The van der Waals surface area contributed by atoms with Gasteiger partial charge in [0.05, 0.1) is 5.02 Å². The number of phenols is 1. The number of hydrogen-bond acceptors (Lipinski definition) is 4. The second-order valence-corrected chi connectivity index (χ2v) is 5.96. The van der Waals surface area contributed by atoms with Crippen molar-refractivity contribution in [2.45, 2.75) is 18.6 Å². The topological polar surface area (TPSA) is 57.6 Å². The van der Waals surface area contributed by atoms with Crippen LogP contribution in [0.25, 0.3) is 0 Å². The van der Waals surface area contributed by atoms with Crippen molar-refractivity contribution >= 4 is 40.1 Å². The van der Waals surface area contributed by atoms with Crippen molar-refractivity contribution in [1.29, 1.82) is 0 Å². The molecule has 1 aromatic rings. The molecule has 1 amide bonds. The second-order valence-electron chi connectivity index (χ2n) is 4.08. The summed E-state index contributed by atoms with van der Waals surface area (Å²) in [7, 11) is 0. The monoisotopic (exact) mass is 285 g/mol. The number of halogens is 1. The SMILES string of the molecule is CC(=O)SC1CC(=O)N(c2ccc(O)c(Cl)c2)C1. The number of carbonyl (C=O) groups excluding carboxylic acids is 2. The normalized spacial score (nSPS) is 19.3. The Morgan fingerprint density at radius 1 is 1.56 bits per heavy atom. The van der Waals surface area contributed by atoms with Crippen LogP contribution >= 0.6 is 23.4 Å². The zero-order chi connectivity index (χ0) is 13.3. The van der Waals surface area contributed by atoms with E-state index in [1.165, 1.54) is 24.8 Å². The van der Waals surface area contributed by atoms with Crippen molar-refractivity contribution in [2.75, 3.05) is 11.4 Å². The van der Waals surface area contributed by atoms with E-state index in [9.17, 15) is 14.7 Å². The maximum atomic E-state index is 11.9. The molecule has 0 saturated carbocycles. The number of anilines is 1. The molecule has 0 radical (unpaired) electrons. The van der Waals surface area contributed by atoms with E-state index in [0.29, 0.717) is 18.7 Å². The average molecular weight is 286 g/mol. The van der Waals surface area contributed by atoms with Gasteiger partial charge >= 0.3 is 0 Å². The van der Waals surface area contributed by atoms with Gasteiger partial charge in [0.25, 0.3) is 0 Å². The average Bonchev–Trinajstić information content (AvgIpc) is 2.62. The second kappa shape index (κ2) is 5.20. The van der Waals surface area contributed by atoms with Crippen LogP contribution in [0.4, 0.5) is 5.69 Å². The fourth-order valence-electron chi connectivity index (χ4n) is 1.90. The molecule has 1 atom stereocenters. The van der Waals surface area contributed by atoms with Crippen LogP contribution in [0.3, 0.4) is 0 Å². The van der Waals surface area contributed by atoms with Crippen molar-refractivity contribution in [1.82, 2.24) is 0 Å². The third kappa shape index (κ3) is 2.79. The summed E-state index contributed by atoms with van der Waals surface area (Å²) >= 11 is 7.00. The van der Waals surface area contributed by atoms with Gasteiger partial charge in [0.2, 0.25) is 5.91 Å². The van der Waals surface area contributed by atoms with Gasteiger partial charge in [-0.05, 0) is 18.2 Å². The van der Waals surface area contributed by atoms with Crippen LogP contribution in [0.15, 0.2) is 18.2 Å². The third-order valence-corrected chi connectivity index (χ3v) is 3.95. The van der Waals surface area contributed by atoms with Gasteiger partial charge in [-0.2, -0.15) is 0 Å². The lowest BCUT2D eigenvalue weighted by Gasteiger charge is -2.16. The lowest BCUT2D eigenvalue weighted by Crippen LogP contribution is -2.24. The van der Waals surface area contributed by atoms with E-state index in [2.05, 4.69) is 0 Å². The van der Waals surface area contributed by atoms with Crippen LogP contribution in [0.5, 0.6) is 5.75 Å². The minimum atomic E-state index is -0.0319. The summed E-state index contributed by atoms with van der Waals surface area (Å²) in [5.41, 5.74) is 0.648. The number of benzene rings is 1. The first kappa shape index (κ1) is 13.2. The molecule has 0 aromatic heterocycles. The van der Waals surface area contributed by atoms with Crippen molar-refractivity contribution in [3.8, 4) is 5.75 Å². The van der Waals surface area contributed by atoms with E-state index in [4.69, 9.17) is 11.6 Å². The van der Waals surface area contributed by atoms with E-state index in [1.54, 1.807) is 17.0 Å². The number of phenolic OH excluding ortho intramolecular Hbond substituents is 1. The predicted octanol–water partition coefficient (Wildman–Crippen LogP) is 2.43. The van der Waals surface area contributed by atoms with E-state index in [-0.39, 0.29) is 27.0 Å². The summed E-state index contributed by atoms with van der Waals surface area (Å²) in [5, 5.41) is 9.55. The summed E-state index contributed by atoms with van der Waals surface area (Å²) in [4.78, 5) is 24.5. The molecule has 6 heteroatoms. The standard InChI is InChI=1S/C12H12ClNO3S/c1-7(15)18-9-5-12(17)14(6-9)8-2-3-11(16)10(13)4-8/h2-4,9,16H,5-6H2,1H3. The molecule has 96 valence electrons. The summed E-state index contributed by atoms with van der Waals surface area (Å²) in [6.07, 6.45) is 0.350. The van der Waals surface area contributed by atoms with Gasteiger partial charge in [-0.25, -0.2) is 0 Å². The quantitative estimate of drug-likeness (QED) is 0.907. The van der Waals surface area contributed by atoms with E-state index >= 15 is 0 Å². The Labute approximate surface area is 114 Å². The van der Waals surface area contributed by atoms with E-state index < -0.39 is 0 Å². The van der Waals surface area contributed by atoms with Gasteiger partial charge in [0.15, 0.2) is 5.12 Å². The number of amides is 1. The lowest BCUT2D eigenvalue weighted by atomic mass is 10.3. The fraction of sp³-hybridized carbons (Fsp3) is 0.333. The van der Waals surface area contributed by atoms with Gasteiger partial charge in [-0.3, -0.25) is 9.59 Å². The molecular weight excluding hydrogens is 274 g/mol. The van der Waals surface area contributed by atoms with E-state index in [0.717, 1.165) is 0 Å². The minimum Gasteiger partial charge on any atom is -0.506 e. The summed E-state index contributed by atoms with van der Waals surface area (Å²) in [5.74, 6) is -0.0442. The van der Waals surface area contributed by atoms with Gasteiger partial charge in [0, 0.05) is 30.8 Å². The van der Waals surface area contributed by atoms with Crippen LogP contribution in [0.1, 0.15) is 13.3 Å². The molecule has 1 unspecified atom stereocenters. The number of hydrogen-bond donors (Lipinski definition) is 1. The zero-order valence-corrected chi connectivity index (χ0v) is 11.3. The third-order valence-electron chi connectivity index (χ3n) is 2.67. The van der Waals surface area contributed by atoms with E-state index in [1.807, 2.05) is 0 Å². The highest BCUT2D eigenvalue weighted by molar-refractivity contribution is 8.14. The Bertz CT molecular complexity index is 506. The molecule has 2 rings (SSSR count). The Morgan fingerprint density at radius 3 is 2.89 bits per heavy atom. The first-order chi connectivity index (χ1) is 8.47. The Morgan fingerprint density at radius 2 is 2.28 bits per heavy atom.